The van der Waals surface area contributed by atoms with Crippen molar-refractivity contribution in [3.8, 4) is 11.1 Å². The summed E-state index contributed by atoms with van der Waals surface area (Å²) in [6, 6.07) is 25.8. The van der Waals surface area contributed by atoms with Crippen molar-refractivity contribution >= 4 is 11.6 Å². The van der Waals surface area contributed by atoms with E-state index in [-0.39, 0.29) is 5.91 Å². The third kappa shape index (κ3) is 4.81. The van der Waals surface area contributed by atoms with Gasteiger partial charge in [0.1, 0.15) is 5.82 Å². The summed E-state index contributed by atoms with van der Waals surface area (Å²) in [6.07, 6.45) is 7.48. The lowest BCUT2D eigenvalue weighted by Crippen LogP contribution is -2.13. The summed E-state index contributed by atoms with van der Waals surface area (Å²) in [5, 5.41) is 7.29. The average Bonchev–Trinajstić information content (AvgIpc) is 3.52. The Labute approximate surface area is 198 Å². The summed E-state index contributed by atoms with van der Waals surface area (Å²) in [6.45, 7) is 3.45. The number of aryl methyl sites for hydroxylation is 1. The van der Waals surface area contributed by atoms with E-state index in [0.717, 1.165) is 40.3 Å². The smallest absolute Gasteiger partial charge is 0.256 e. The lowest BCUT2D eigenvalue weighted by atomic mass is 9.98. The molecule has 0 aliphatic rings. The zero-order chi connectivity index (χ0) is 23.3. The maximum Gasteiger partial charge on any atom is 0.256 e. The van der Waals surface area contributed by atoms with Crippen LogP contribution >= 0.6 is 0 Å². The number of carbonyl (C=O) groups is 1. The molecule has 0 unspecified atom stereocenters. The zero-order valence-corrected chi connectivity index (χ0v) is 18.9. The standard InChI is InChI=1S/C28H25N5O/c1-21-29-16-18-32(21)19-22-9-13-25(14-10-22)31-28(34)27-6-3-2-5-26(27)24-11-7-23(8-12-24)20-33-17-4-15-30-33/h2-18H,19-20H2,1H3,(H,31,34). The van der Waals surface area contributed by atoms with Crippen LogP contribution in [-0.4, -0.2) is 25.2 Å². The minimum atomic E-state index is -0.130. The molecule has 1 N–H and O–H groups in total. The lowest BCUT2D eigenvalue weighted by molar-refractivity contribution is 0.102. The summed E-state index contributed by atoms with van der Waals surface area (Å²) in [5.41, 5.74) is 5.61. The van der Waals surface area contributed by atoms with Gasteiger partial charge in [-0.05, 0) is 53.4 Å². The maximum atomic E-state index is 13.1. The monoisotopic (exact) mass is 447 g/mol. The highest BCUT2D eigenvalue weighted by Crippen LogP contribution is 2.25. The lowest BCUT2D eigenvalue weighted by Gasteiger charge is -2.12. The molecule has 0 radical (unpaired) electrons. The van der Waals surface area contributed by atoms with E-state index in [4.69, 9.17) is 0 Å². The van der Waals surface area contributed by atoms with Crippen LogP contribution in [0.1, 0.15) is 27.3 Å². The van der Waals surface area contributed by atoms with E-state index in [1.807, 2.05) is 78.6 Å². The Hall–Kier alpha value is -4.45. The molecule has 6 nitrogen and oxygen atoms in total. The SMILES string of the molecule is Cc1nccn1Cc1ccc(NC(=O)c2ccccc2-c2ccc(Cn3cccn3)cc2)cc1. The van der Waals surface area contributed by atoms with Crippen LogP contribution in [0.4, 0.5) is 5.69 Å². The van der Waals surface area contributed by atoms with Crippen molar-refractivity contribution in [2.24, 2.45) is 0 Å². The predicted octanol–water partition coefficient (Wildman–Crippen LogP) is 5.40. The molecule has 0 spiro atoms. The molecule has 5 aromatic rings. The van der Waals surface area contributed by atoms with Crippen molar-refractivity contribution in [1.82, 2.24) is 19.3 Å². The zero-order valence-electron chi connectivity index (χ0n) is 18.9. The molecule has 0 fully saturated rings. The fourth-order valence-electron chi connectivity index (χ4n) is 3.96. The summed E-state index contributed by atoms with van der Waals surface area (Å²) in [7, 11) is 0. The van der Waals surface area contributed by atoms with Crippen LogP contribution in [0, 0.1) is 6.92 Å². The molecule has 0 atom stereocenters. The fraction of sp³-hybridized carbons (Fsp3) is 0.107. The molecule has 5 rings (SSSR count). The van der Waals surface area contributed by atoms with Crippen LogP contribution in [0.2, 0.25) is 0 Å². The van der Waals surface area contributed by atoms with Crippen molar-refractivity contribution < 1.29 is 4.79 Å². The van der Waals surface area contributed by atoms with E-state index in [2.05, 4.69) is 44.2 Å². The largest absolute Gasteiger partial charge is 0.331 e. The second-order valence-corrected chi connectivity index (χ2v) is 8.20. The molecule has 6 heteroatoms. The molecule has 0 aliphatic carbocycles. The summed E-state index contributed by atoms with van der Waals surface area (Å²) >= 11 is 0. The van der Waals surface area contributed by atoms with Gasteiger partial charge in [0.05, 0.1) is 6.54 Å². The van der Waals surface area contributed by atoms with Crippen LogP contribution in [0.3, 0.4) is 0 Å². The predicted molar refractivity (Wildman–Crippen MR) is 134 cm³/mol. The number of carbonyl (C=O) groups excluding carboxylic acids is 1. The molecule has 2 aromatic heterocycles. The van der Waals surface area contributed by atoms with Gasteiger partial charge in [0.25, 0.3) is 5.91 Å². The van der Waals surface area contributed by atoms with Gasteiger partial charge in [0.15, 0.2) is 0 Å². The minimum absolute atomic E-state index is 0.130. The minimum Gasteiger partial charge on any atom is -0.331 e. The molecule has 0 saturated heterocycles. The highest BCUT2D eigenvalue weighted by atomic mass is 16.1. The number of anilines is 1. The van der Waals surface area contributed by atoms with Gasteiger partial charge in [0.2, 0.25) is 0 Å². The number of nitrogens with one attached hydrogen (secondary N) is 1. The normalized spacial score (nSPS) is 10.9. The highest BCUT2D eigenvalue weighted by Gasteiger charge is 2.13. The second-order valence-electron chi connectivity index (χ2n) is 8.20. The van der Waals surface area contributed by atoms with Gasteiger partial charge in [-0.15, -0.1) is 0 Å². The third-order valence-electron chi connectivity index (χ3n) is 5.83. The topological polar surface area (TPSA) is 64.7 Å². The molecule has 3 aromatic carbocycles. The van der Waals surface area contributed by atoms with Gasteiger partial charge in [-0.2, -0.15) is 5.10 Å². The van der Waals surface area contributed by atoms with E-state index in [1.54, 1.807) is 12.4 Å². The van der Waals surface area contributed by atoms with E-state index in [0.29, 0.717) is 12.1 Å². The van der Waals surface area contributed by atoms with Crippen LogP contribution in [0.15, 0.2) is 104 Å². The van der Waals surface area contributed by atoms with E-state index in [1.165, 1.54) is 0 Å². The molecule has 0 aliphatic heterocycles. The molecule has 168 valence electrons. The summed E-state index contributed by atoms with van der Waals surface area (Å²) in [5.74, 6) is 0.845. The highest BCUT2D eigenvalue weighted by molar-refractivity contribution is 6.08. The van der Waals surface area contributed by atoms with Crippen LogP contribution in [0.25, 0.3) is 11.1 Å². The molecule has 0 saturated carbocycles. The molecule has 1 amide bonds. The fourth-order valence-corrected chi connectivity index (χ4v) is 3.96. The molecule has 2 heterocycles. The van der Waals surface area contributed by atoms with E-state index < -0.39 is 0 Å². The number of hydrogen-bond acceptors (Lipinski definition) is 3. The van der Waals surface area contributed by atoms with Crippen molar-refractivity contribution in [3.05, 3.63) is 126 Å². The van der Waals surface area contributed by atoms with Crippen LogP contribution in [0.5, 0.6) is 0 Å². The molecule has 0 bridgehead atoms. The van der Waals surface area contributed by atoms with Crippen LogP contribution in [-0.2, 0) is 13.1 Å². The molecule has 34 heavy (non-hydrogen) atoms. The summed E-state index contributed by atoms with van der Waals surface area (Å²) in [4.78, 5) is 17.4. The van der Waals surface area contributed by atoms with Gasteiger partial charge in [-0.25, -0.2) is 4.98 Å². The van der Waals surface area contributed by atoms with Gasteiger partial charge in [-0.1, -0.05) is 54.6 Å². The van der Waals surface area contributed by atoms with Crippen LogP contribution < -0.4 is 5.32 Å². The van der Waals surface area contributed by atoms with E-state index >= 15 is 0 Å². The number of aromatic nitrogens is 4. The van der Waals surface area contributed by atoms with E-state index in [9.17, 15) is 4.79 Å². The molecular formula is C28H25N5O. The summed E-state index contributed by atoms with van der Waals surface area (Å²) < 4.78 is 3.97. The van der Waals surface area contributed by atoms with Gasteiger partial charge in [-0.3, -0.25) is 9.48 Å². The first-order valence-electron chi connectivity index (χ1n) is 11.2. The maximum absolute atomic E-state index is 13.1. The number of nitrogens with zero attached hydrogens (tertiary/aromatic N) is 4. The van der Waals surface area contributed by atoms with Crippen molar-refractivity contribution in [1.29, 1.82) is 0 Å². The molecular weight excluding hydrogens is 422 g/mol. The Morgan fingerprint density at radius 3 is 2.26 bits per heavy atom. The van der Waals surface area contributed by atoms with Gasteiger partial charge >= 0.3 is 0 Å². The Kier molecular flexibility index (Phi) is 6.03. The van der Waals surface area contributed by atoms with Crippen molar-refractivity contribution in [2.75, 3.05) is 5.32 Å². The van der Waals surface area contributed by atoms with Crippen molar-refractivity contribution in [3.63, 3.8) is 0 Å². The Morgan fingerprint density at radius 1 is 0.824 bits per heavy atom. The first kappa shape index (κ1) is 21.4. The Balaban J connectivity index is 1.30. The number of benzene rings is 3. The third-order valence-corrected chi connectivity index (χ3v) is 5.83. The quantitative estimate of drug-likeness (QED) is 0.363. The number of amides is 1. The second kappa shape index (κ2) is 9.58. The number of hydrogen-bond donors (Lipinski definition) is 1. The van der Waals surface area contributed by atoms with Crippen molar-refractivity contribution in [2.45, 2.75) is 20.0 Å². The number of rotatable bonds is 7. The Morgan fingerprint density at radius 2 is 1.56 bits per heavy atom. The van der Waals surface area contributed by atoms with Gasteiger partial charge in [0, 0.05) is 42.6 Å². The van der Waals surface area contributed by atoms with Gasteiger partial charge < -0.3 is 9.88 Å². The average molecular weight is 448 g/mol. The first-order chi connectivity index (χ1) is 16.7. The number of imidazole rings is 1. The first-order valence-corrected chi connectivity index (χ1v) is 11.2. The Bertz CT molecular complexity index is 1380.